The number of aromatic carboxylic acids is 1. The van der Waals surface area contributed by atoms with Crippen LogP contribution in [0.25, 0.3) is 0 Å². The van der Waals surface area contributed by atoms with Crippen molar-refractivity contribution in [3.8, 4) is 5.75 Å². The maximum absolute atomic E-state index is 10.7. The summed E-state index contributed by atoms with van der Waals surface area (Å²) in [6, 6.07) is 6.28. The monoisotopic (exact) mass is 283 g/mol. The molecule has 0 heterocycles. The number of aliphatic hydroxyl groups excluding tert-OH is 1. The van der Waals surface area contributed by atoms with Crippen LogP contribution in [0.15, 0.2) is 24.3 Å². The van der Waals surface area contributed by atoms with Gasteiger partial charge < -0.3 is 19.7 Å². The maximum Gasteiger partial charge on any atom is 0.335 e. The van der Waals surface area contributed by atoms with E-state index in [9.17, 15) is 4.79 Å². The quantitative estimate of drug-likeness (QED) is 0.658. The predicted molar refractivity (Wildman–Crippen MR) is 74.3 cm³/mol. The van der Waals surface area contributed by atoms with Crippen LogP contribution in [-0.4, -0.2) is 67.6 Å². The highest BCUT2D eigenvalue weighted by molar-refractivity contribution is 5.87. The molecule has 112 valence electrons. The van der Waals surface area contributed by atoms with Crippen molar-refractivity contribution in [3.63, 3.8) is 0 Å². The molecule has 0 aliphatic carbocycles. The van der Waals surface area contributed by atoms with E-state index in [1.807, 2.05) is 4.90 Å². The third kappa shape index (κ3) is 6.01. The van der Waals surface area contributed by atoms with Crippen molar-refractivity contribution in [1.82, 2.24) is 4.90 Å². The summed E-state index contributed by atoms with van der Waals surface area (Å²) in [7, 11) is 1.64. The van der Waals surface area contributed by atoms with Crippen LogP contribution in [0.4, 0.5) is 0 Å². The second-order valence-corrected chi connectivity index (χ2v) is 4.24. The number of hydrogen-bond donors (Lipinski definition) is 2. The highest BCUT2D eigenvalue weighted by Crippen LogP contribution is 2.12. The van der Waals surface area contributed by atoms with E-state index in [0.29, 0.717) is 32.1 Å². The third-order valence-corrected chi connectivity index (χ3v) is 2.81. The maximum atomic E-state index is 10.7. The molecule has 0 atom stereocenters. The molecule has 20 heavy (non-hydrogen) atoms. The topological polar surface area (TPSA) is 79.2 Å². The van der Waals surface area contributed by atoms with Crippen LogP contribution in [0.1, 0.15) is 10.4 Å². The Hall–Kier alpha value is -1.63. The predicted octanol–water partition coefficient (Wildman–Crippen LogP) is 0.704. The summed E-state index contributed by atoms with van der Waals surface area (Å²) < 4.78 is 10.5. The molecule has 0 amide bonds. The average Bonchev–Trinajstić information content (AvgIpc) is 2.45. The van der Waals surface area contributed by atoms with E-state index in [2.05, 4.69) is 0 Å². The largest absolute Gasteiger partial charge is 0.492 e. The molecule has 0 saturated carbocycles. The molecule has 0 radical (unpaired) electrons. The summed E-state index contributed by atoms with van der Waals surface area (Å²) in [5.74, 6) is -0.323. The molecule has 6 heteroatoms. The fourth-order valence-electron chi connectivity index (χ4n) is 1.68. The van der Waals surface area contributed by atoms with Crippen molar-refractivity contribution in [2.75, 3.05) is 46.6 Å². The number of methoxy groups -OCH3 is 1. The Kier molecular flexibility index (Phi) is 7.64. The third-order valence-electron chi connectivity index (χ3n) is 2.81. The van der Waals surface area contributed by atoms with E-state index in [1.54, 1.807) is 19.2 Å². The van der Waals surface area contributed by atoms with Crippen LogP contribution < -0.4 is 4.74 Å². The number of carbonyl (C=O) groups is 1. The smallest absolute Gasteiger partial charge is 0.335 e. The van der Waals surface area contributed by atoms with E-state index in [0.717, 1.165) is 6.54 Å². The number of ether oxygens (including phenoxy) is 2. The van der Waals surface area contributed by atoms with Crippen LogP contribution in [0, 0.1) is 0 Å². The van der Waals surface area contributed by atoms with Crippen molar-refractivity contribution in [2.24, 2.45) is 0 Å². The Morgan fingerprint density at radius 1 is 1.15 bits per heavy atom. The lowest BCUT2D eigenvalue weighted by Crippen LogP contribution is -2.33. The number of carboxylic acids is 1. The summed E-state index contributed by atoms with van der Waals surface area (Å²) in [5, 5.41) is 17.7. The number of hydrogen-bond acceptors (Lipinski definition) is 5. The van der Waals surface area contributed by atoms with Gasteiger partial charge in [0.2, 0.25) is 0 Å². The zero-order valence-corrected chi connectivity index (χ0v) is 11.6. The van der Waals surface area contributed by atoms with Crippen molar-refractivity contribution < 1.29 is 24.5 Å². The summed E-state index contributed by atoms with van der Waals surface area (Å²) in [6.45, 7) is 3.15. The van der Waals surface area contributed by atoms with Crippen LogP contribution >= 0.6 is 0 Å². The molecule has 0 bridgehead atoms. The van der Waals surface area contributed by atoms with Gasteiger partial charge in [-0.2, -0.15) is 0 Å². The van der Waals surface area contributed by atoms with Gasteiger partial charge >= 0.3 is 5.97 Å². The van der Waals surface area contributed by atoms with Gasteiger partial charge in [0.1, 0.15) is 12.4 Å². The van der Waals surface area contributed by atoms with Crippen LogP contribution in [0.2, 0.25) is 0 Å². The van der Waals surface area contributed by atoms with Crippen LogP contribution in [-0.2, 0) is 4.74 Å². The van der Waals surface area contributed by atoms with Gasteiger partial charge in [0.15, 0.2) is 0 Å². The van der Waals surface area contributed by atoms with Crippen LogP contribution in [0.3, 0.4) is 0 Å². The molecule has 0 fully saturated rings. The van der Waals surface area contributed by atoms with Crippen LogP contribution in [0.5, 0.6) is 5.75 Å². The number of aliphatic hydroxyl groups is 1. The Bertz CT molecular complexity index is 393. The Balaban J connectivity index is 2.35. The number of nitrogens with zero attached hydrogens (tertiary/aromatic N) is 1. The van der Waals surface area contributed by atoms with Gasteiger partial charge in [-0.05, 0) is 24.3 Å². The van der Waals surface area contributed by atoms with Crippen molar-refractivity contribution in [3.05, 3.63) is 29.8 Å². The molecule has 6 nitrogen and oxygen atoms in total. The Morgan fingerprint density at radius 3 is 2.35 bits per heavy atom. The Morgan fingerprint density at radius 2 is 1.80 bits per heavy atom. The van der Waals surface area contributed by atoms with Crippen molar-refractivity contribution >= 4 is 5.97 Å². The molecule has 0 saturated heterocycles. The molecule has 1 aromatic rings. The molecular formula is C14H21NO5. The molecule has 0 aliphatic heterocycles. The molecule has 2 N–H and O–H groups in total. The highest BCUT2D eigenvalue weighted by atomic mass is 16.5. The first-order valence-electron chi connectivity index (χ1n) is 6.45. The molecule has 0 aromatic heterocycles. The van der Waals surface area contributed by atoms with Gasteiger partial charge in [-0.25, -0.2) is 4.79 Å². The molecule has 1 aromatic carbocycles. The fraction of sp³-hybridized carbons (Fsp3) is 0.500. The van der Waals surface area contributed by atoms with Gasteiger partial charge in [-0.1, -0.05) is 0 Å². The minimum absolute atomic E-state index is 0.0943. The molecule has 0 aliphatic rings. The van der Waals surface area contributed by atoms with Crippen molar-refractivity contribution in [1.29, 1.82) is 0 Å². The first-order chi connectivity index (χ1) is 9.67. The first-order valence-corrected chi connectivity index (χ1v) is 6.45. The average molecular weight is 283 g/mol. The normalized spacial score (nSPS) is 10.8. The second-order valence-electron chi connectivity index (χ2n) is 4.24. The number of benzene rings is 1. The SMILES string of the molecule is COCCN(CCO)CCOc1ccc(C(=O)O)cc1. The summed E-state index contributed by atoms with van der Waals surface area (Å²) >= 11 is 0. The van der Waals surface area contributed by atoms with Gasteiger partial charge in [-0.3, -0.25) is 4.90 Å². The lowest BCUT2D eigenvalue weighted by Gasteiger charge is -2.20. The lowest BCUT2D eigenvalue weighted by atomic mass is 10.2. The van der Waals surface area contributed by atoms with Gasteiger partial charge in [-0.15, -0.1) is 0 Å². The minimum atomic E-state index is -0.953. The molecule has 1 rings (SSSR count). The minimum Gasteiger partial charge on any atom is -0.492 e. The molecule has 0 spiro atoms. The van der Waals surface area contributed by atoms with Gasteiger partial charge in [0.05, 0.1) is 18.8 Å². The first kappa shape index (κ1) is 16.4. The van der Waals surface area contributed by atoms with E-state index >= 15 is 0 Å². The highest BCUT2D eigenvalue weighted by Gasteiger charge is 2.05. The zero-order valence-electron chi connectivity index (χ0n) is 11.6. The van der Waals surface area contributed by atoms with Crippen molar-refractivity contribution in [2.45, 2.75) is 0 Å². The lowest BCUT2D eigenvalue weighted by molar-refractivity contribution is 0.0697. The summed E-state index contributed by atoms with van der Waals surface area (Å²) in [6.07, 6.45) is 0. The van der Waals surface area contributed by atoms with E-state index in [-0.39, 0.29) is 12.2 Å². The Labute approximate surface area is 118 Å². The van der Waals surface area contributed by atoms with Gasteiger partial charge in [0, 0.05) is 26.7 Å². The van der Waals surface area contributed by atoms with Gasteiger partial charge in [0.25, 0.3) is 0 Å². The van der Waals surface area contributed by atoms with E-state index in [4.69, 9.17) is 19.7 Å². The second kappa shape index (κ2) is 9.30. The zero-order chi connectivity index (χ0) is 14.8. The van der Waals surface area contributed by atoms with E-state index < -0.39 is 5.97 Å². The molecular weight excluding hydrogens is 262 g/mol. The summed E-state index contributed by atoms with van der Waals surface area (Å²) in [5.41, 5.74) is 0.236. The molecule has 0 unspecified atom stereocenters. The number of rotatable bonds is 10. The fourth-order valence-corrected chi connectivity index (χ4v) is 1.68. The summed E-state index contributed by atoms with van der Waals surface area (Å²) in [4.78, 5) is 12.7. The standard InChI is InChI=1S/C14H21NO5/c1-19-10-7-15(6-9-16)8-11-20-13-4-2-12(3-5-13)14(17)18/h2-5,16H,6-11H2,1H3,(H,17,18). The van der Waals surface area contributed by atoms with E-state index in [1.165, 1.54) is 12.1 Å². The number of carboxylic acid groups (broad SMARTS) is 1.